The summed E-state index contributed by atoms with van der Waals surface area (Å²) < 4.78 is 5.71. The van der Waals surface area contributed by atoms with Crippen molar-refractivity contribution in [3.05, 3.63) is 24.3 Å². The Hall–Kier alpha value is -1.51. The molecule has 1 N–H and O–H groups in total. The standard InChI is InChI=1S/C16H19N3OS/c1-18-16(11-17)9-4-5-12(16)8-10-21-15-19-13-6-2-3-7-14(13)20-15/h2-3,6-7,12,18H,4-5,8-10H2,1H3. The van der Waals surface area contributed by atoms with Crippen LogP contribution in [0.5, 0.6) is 0 Å². The molecular weight excluding hydrogens is 282 g/mol. The van der Waals surface area contributed by atoms with E-state index in [0.29, 0.717) is 5.92 Å². The molecular formula is C16H19N3OS. The molecule has 4 nitrogen and oxygen atoms in total. The number of nitrogens with one attached hydrogen (secondary N) is 1. The van der Waals surface area contributed by atoms with Gasteiger partial charge in [-0.1, -0.05) is 30.3 Å². The van der Waals surface area contributed by atoms with E-state index in [1.54, 1.807) is 11.8 Å². The summed E-state index contributed by atoms with van der Waals surface area (Å²) in [6.45, 7) is 0. The van der Waals surface area contributed by atoms with Crippen LogP contribution < -0.4 is 5.32 Å². The molecule has 3 rings (SSSR count). The van der Waals surface area contributed by atoms with Crippen LogP contribution in [0.4, 0.5) is 0 Å². The summed E-state index contributed by atoms with van der Waals surface area (Å²) in [6, 6.07) is 10.3. The summed E-state index contributed by atoms with van der Waals surface area (Å²) in [5.41, 5.74) is 1.41. The molecule has 1 aliphatic rings. The van der Waals surface area contributed by atoms with Crippen molar-refractivity contribution in [2.24, 2.45) is 5.92 Å². The molecule has 5 heteroatoms. The maximum Gasteiger partial charge on any atom is 0.256 e. The zero-order valence-electron chi connectivity index (χ0n) is 12.1. The second kappa shape index (κ2) is 6.08. The van der Waals surface area contributed by atoms with Crippen molar-refractivity contribution in [1.82, 2.24) is 10.3 Å². The first-order chi connectivity index (χ1) is 10.3. The van der Waals surface area contributed by atoms with Crippen molar-refractivity contribution >= 4 is 22.9 Å². The summed E-state index contributed by atoms with van der Waals surface area (Å²) in [6.07, 6.45) is 4.23. The third-order valence-corrected chi connectivity index (χ3v) is 5.29. The van der Waals surface area contributed by atoms with E-state index < -0.39 is 0 Å². The van der Waals surface area contributed by atoms with E-state index in [-0.39, 0.29) is 5.54 Å². The lowest BCUT2D eigenvalue weighted by atomic mass is 9.87. The third kappa shape index (κ3) is 2.78. The zero-order valence-corrected chi connectivity index (χ0v) is 12.9. The second-order valence-corrected chi connectivity index (χ2v) is 6.55. The molecule has 1 fully saturated rings. The fourth-order valence-corrected chi connectivity index (χ4v) is 4.09. The first-order valence-electron chi connectivity index (χ1n) is 7.36. The number of hydrogen-bond donors (Lipinski definition) is 1. The lowest BCUT2D eigenvalue weighted by Crippen LogP contribution is -2.44. The largest absolute Gasteiger partial charge is 0.431 e. The highest BCUT2D eigenvalue weighted by atomic mass is 32.2. The number of fused-ring (bicyclic) bond motifs is 1. The number of thioether (sulfide) groups is 1. The molecule has 2 aromatic rings. The van der Waals surface area contributed by atoms with Gasteiger partial charge in [0, 0.05) is 5.75 Å². The highest BCUT2D eigenvalue weighted by Gasteiger charge is 2.41. The maximum atomic E-state index is 9.45. The molecule has 0 spiro atoms. The van der Waals surface area contributed by atoms with E-state index in [1.165, 1.54) is 0 Å². The van der Waals surface area contributed by atoms with Crippen molar-refractivity contribution in [3.8, 4) is 6.07 Å². The molecule has 1 aliphatic carbocycles. The number of nitrogens with zero attached hydrogens (tertiary/aromatic N) is 2. The molecule has 0 saturated heterocycles. The number of nitriles is 1. The van der Waals surface area contributed by atoms with E-state index >= 15 is 0 Å². The van der Waals surface area contributed by atoms with Crippen LogP contribution in [0.2, 0.25) is 0 Å². The van der Waals surface area contributed by atoms with Crippen molar-refractivity contribution in [3.63, 3.8) is 0 Å². The van der Waals surface area contributed by atoms with Crippen LogP contribution in [-0.4, -0.2) is 23.3 Å². The highest BCUT2D eigenvalue weighted by molar-refractivity contribution is 7.99. The second-order valence-electron chi connectivity index (χ2n) is 5.51. The minimum Gasteiger partial charge on any atom is -0.431 e. The molecule has 0 bridgehead atoms. The molecule has 110 valence electrons. The van der Waals surface area contributed by atoms with Gasteiger partial charge in [-0.15, -0.1) is 0 Å². The van der Waals surface area contributed by atoms with Crippen molar-refractivity contribution in [2.45, 2.75) is 36.4 Å². The average Bonchev–Trinajstić information content (AvgIpc) is 3.11. The van der Waals surface area contributed by atoms with Gasteiger partial charge >= 0.3 is 0 Å². The van der Waals surface area contributed by atoms with Crippen molar-refractivity contribution < 1.29 is 4.42 Å². The van der Waals surface area contributed by atoms with Crippen LogP contribution in [0.1, 0.15) is 25.7 Å². The quantitative estimate of drug-likeness (QED) is 0.855. The van der Waals surface area contributed by atoms with Gasteiger partial charge in [-0.25, -0.2) is 4.98 Å². The summed E-state index contributed by atoms with van der Waals surface area (Å²) in [5.74, 6) is 1.35. The predicted octanol–water partition coefficient (Wildman–Crippen LogP) is 3.59. The molecule has 0 amide bonds. The number of benzene rings is 1. The summed E-state index contributed by atoms with van der Waals surface area (Å²) in [4.78, 5) is 4.47. The number of oxazole rings is 1. The van der Waals surface area contributed by atoms with Crippen LogP contribution in [0.15, 0.2) is 33.9 Å². The average molecular weight is 301 g/mol. The fourth-order valence-electron chi connectivity index (χ4n) is 3.20. The number of rotatable bonds is 5. The zero-order chi connectivity index (χ0) is 14.7. The molecule has 0 aliphatic heterocycles. The van der Waals surface area contributed by atoms with Crippen molar-refractivity contribution in [2.75, 3.05) is 12.8 Å². The lowest BCUT2D eigenvalue weighted by molar-refractivity contribution is 0.331. The molecule has 21 heavy (non-hydrogen) atoms. The Labute approximate surface area is 128 Å². The predicted molar refractivity (Wildman–Crippen MR) is 84.1 cm³/mol. The SMILES string of the molecule is CNC1(C#N)CCCC1CCSc1nc2ccccc2o1. The van der Waals surface area contributed by atoms with E-state index in [1.807, 2.05) is 31.3 Å². The Morgan fingerprint density at radius 2 is 2.38 bits per heavy atom. The van der Waals surface area contributed by atoms with Crippen LogP contribution in [0, 0.1) is 17.2 Å². The van der Waals surface area contributed by atoms with Gasteiger partial charge in [-0.3, -0.25) is 0 Å². The summed E-state index contributed by atoms with van der Waals surface area (Å²) >= 11 is 1.64. The van der Waals surface area contributed by atoms with Crippen LogP contribution >= 0.6 is 11.8 Å². The molecule has 2 unspecified atom stereocenters. The van der Waals surface area contributed by atoms with Gasteiger partial charge in [0.2, 0.25) is 0 Å². The Kier molecular flexibility index (Phi) is 4.18. The Morgan fingerprint density at radius 1 is 1.52 bits per heavy atom. The van der Waals surface area contributed by atoms with Gasteiger partial charge in [0.05, 0.1) is 6.07 Å². The van der Waals surface area contributed by atoms with Crippen LogP contribution in [0.3, 0.4) is 0 Å². The smallest absolute Gasteiger partial charge is 0.256 e. The number of aromatic nitrogens is 1. The first kappa shape index (κ1) is 14.4. The van der Waals surface area contributed by atoms with Gasteiger partial charge in [0.15, 0.2) is 5.58 Å². The van der Waals surface area contributed by atoms with E-state index in [4.69, 9.17) is 4.42 Å². The van der Waals surface area contributed by atoms with Crippen LogP contribution in [-0.2, 0) is 0 Å². The molecule has 1 saturated carbocycles. The molecule has 1 heterocycles. The third-order valence-electron chi connectivity index (χ3n) is 4.43. The molecule has 0 radical (unpaired) electrons. The minimum absolute atomic E-state index is 0.331. The first-order valence-corrected chi connectivity index (χ1v) is 8.34. The van der Waals surface area contributed by atoms with Crippen molar-refractivity contribution in [1.29, 1.82) is 5.26 Å². The normalized spacial score (nSPS) is 25.2. The van der Waals surface area contributed by atoms with E-state index in [0.717, 1.165) is 47.8 Å². The lowest BCUT2D eigenvalue weighted by Gasteiger charge is -2.27. The summed E-state index contributed by atoms with van der Waals surface area (Å²) in [5, 5.41) is 13.4. The molecule has 1 aromatic carbocycles. The Balaban J connectivity index is 1.60. The van der Waals surface area contributed by atoms with E-state index in [2.05, 4.69) is 16.4 Å². The van der Waals surface area contributed by atoms with Gasteiger partial charge < -0.3 is 9.73 Å². The minimum atomic E-state index is -0.331. The van der Waals surface area contributed by atoms with Gasteiger partial charge in [-0.05, 0) is 44.4 Å². The van der Waals surface area contributed by atoms with Crippen LogP contribution in [0.25, 0.3) is 11.1 Å². The summed E-state index contributed by atoms with van der Waals surface area (Å²) in [7, 11) is 1.90. The van der Waals surface area contributed by atoms with Gasteiger partial charge in [-0.2, -0.15) is 5.26 Å². The van der Waals surface area contributed by atoms with Gasteiger partial charge in [0.1, 0.15) is 11.1 Å². The molecule has 1 aromatic heterocycles. The highest BCUT2D eigenvalue weighted by Crippen LogP contribution is 2.38. The monoisotopic (exact) mass is 301 g/mol. The van der Waals surface area contributed by atoms with Gasteiger partial charge in [0.25, 0.3) is 5.22 Å². The fraction of sp³-hybridized carbons (Fsp3) is 0.500. The maximum absolute atomic E-state index is 9.45. The number of hydrogen-bond acceptors (Lipinski definition) is 5. The van der Waals surface area contributed by atoms with E-state index in [9.17, 15) is 5.26 Å². The topological polar surface area (TPSA) is 61.9 Å². The Bertz CT molecular complexity index is 630. The number of para-hydroxylation sites is 2. The molecule has 2 atom stereocenters. The Morgan fingerprint density at radius 3 is 3.14 bits per heavy atom.